The quantitative estimate of drug-likeness (QED) is 0.806. The van der Waals surface area contributed by atoms with Crippen molar-refractivity contribution in [3.63, 3.8) is 0 Å². The highest BCUT2D eigenvalue weighted by atomic mass is 16.5. The number of aromatic amines is 1. The number of rotatable bonds is 3. The predicted molar refractivity (Wildman–Crippen MR) is 83.6 cm³/mol. The molecule has 110 valence electrons. The van der Waals surface area contributed by atoms with Gasteiger partial charge in [0.1, 0.15) is 11.4 Å². The van der Waals surface area contributed by atoms with Gasteiger partial charge in [-0.2, -0.15) is 0 Å². The van der Waals surface area contributed by atoms with Crippen LogP contribution in [0.25, 0.3) is 22.6 Å². The highest BCUT2D eigenvalue weighted by Gasteiger charge is 2.17. The zero-order valence-corrected chi connectivity index (χ0v) is 12.3. The van der Waals surface area contributed by atoms with E-state index in [9.17, 15) is 0 Å². The molecule has 1 aliphatic rings. The van der Waals surface area contributed by atoms with E-state index in [4.69, 9.17) is 4.74 Å². The van der Waals surface area contributed by atoms with Gasteiger partial charge < -0.3 is 9.72 Å². The lowest BCUT2D eigenvalue weighted by atomic mass is 10.1. The number of aromatic nitrogens is 4. The van der Waals surface area contributed by atoms with Crippen LogP contribution in [0.5, 0.6) is 5.75 Å². The van der Waals surface area contributed by atoms with Crippen molar-refractivity contribution in [2.75, 3.05) is 7.11 Å². The van der Waals surface area contributed by atoms with Gasteiger partial charge in [-0.25, -0.2) is 4.98 Å². The van der Waals surface area contributed by atoms with Gasteiger partial charge in [-0.1, -0.05) is 0 Å². The average molecular weight is 292 g/mol. The number of H-pyrrole nitrogens is 1. The van der Waals surface area contributed by atoms with Crippen LogP contribution < -0.4 is 4.74 Å². The summed E-state index contributed by atoms with van der Waals surface area (Å²) in [6, 6.07) is 5.97. The van der Waals surface area contributed by atoms with Crippen molar-refractivity contribution in [3.8, 4) is 28.4 Å². The van der Waals surface area contributed by atoms with E-state index in [-0.39, 0.29) is 0 Å². The second-order valence-corrected chi connectivity index (χ2v) is 5.41. The van der Waals surface area contributed by atoms with Crippen molar-refractivity contribution in [3.05, 3.63) is 48.2 Å². The predicted octanol–water partition coefficient (Wildman–Crippen LogP) is 3.03. The van der Waals surface area contributed by atoms with Crippen molar-refractivity contribution < 1.29 is 4.74 Å². The number of hydrogen-bond acceptors (Lipinski definition) is 4. The lowest BCUT2D eigenvalue weighted by molar-refractivity contribution is 0.413. The maximum Gasteiger partial charge on any atom is 0.156 e. The standard InChI is InChI=1S/C17H16N4O/c1-22-13-7-12(9-18-10-13)11-5-6-19-16(8-11)17-20-14-3-2-4-15(14)21-17/h5-10H,2-4H2,1H3,(H,20,21). The van der Waals surface area contributed by atoms with Gasteiger partial charge in [0.25, 0.3) is 0 Å². The Morgan fingerprint density at radius 2 is 2.09 bits per heavy atom. The van der Waals surface area contributed by atoms with Gasteiger partial charge in [0.2, 0.25) is 0 Å². The summed E-state index contributed by atoms with van der Waals surface area (Å²) in [6.07, 6.45) is 8.66. The van der Waals surface area contributed by atoms with E-state index in [2.05, 4.69) is 19.9 Å². The molecule has 0 atom stereocenters. The Morgan fingerprint density at radius 3 is 2.95 bits per heavy atom. The molecule has 0 saturated carbocycles. The van der Waals surface area contributed by atoms with E-state index >= 15 is 0 Å². The van der Waals surface area contributed by atoms with Gasteiger partial charge in [-0.3, -0.25) is 9.97 Å². The Labute approximate surface area is 128 Å². The number of aryl methyl sites for hydroxylation is 2. The second kappa shape index (κ2) is 5.26. The molecule has 0 fully saturated rings. The van der Waals surface area contributed by atoms with Crippen LogP contribution in [-0.2, 0) is 12.8 Å². The summed E-state index contributed by atoms with van der Waals surface area (Å²) in [5, 5.41) is 0. The van der Waals surface area contributed by atoms with Crippen LogP contribution in [0.2, 0.25) is 0 Å². The van der Waals surface area contributed by atoms with Crippen LogP contribution in [0.3, 0.4) is 0 Å². The molecule has 5 heteroatoms. The number of methoxy groups -OCH3 is 1. The molecule has 0 amide bonds. The van der Waals surface area contributed by atoms with E-state index < -0.39 is 0 Å². The average Bonchev–Trinajstić information content (AvgIpc) is 3.17. The van der Waals surface area contributed by atoms with Gasteiger partial charge in [0.15, 0.2) is 5.82 Å². The maximum atomic E-state index is 5.24. The molecule has 0 bridgehead atoms. The Bertz CT molecular complexity index is 804. The minimum Gasteiger partial charge on any atom is -0.495 e. The van der Waals surface area contributed by atoms with E-state index in [1.165, 1.54) is 17.8 Å². The maximum absolute atomic E-state index is 5.24. The Balaban J connectivity index is 1.73. The molecule has 0 unspecified atom stereocenters. The zero-order chi connectivity index (χ0) is 14.9. The van der Waals surface area contributed by atoms with E-state index in [1.807, 2.05) is 24.4 Å². The number of imidazole rings is 1. The lowest BCUT2D eigenvalue weighted by Crippen LogP contribution is -1.90. The molecule has 22 heavy (non-hydrogen) atoms. The van der Waals surface area contributed by atoms with Gasteiger partial charge in [0.05, 0.1) is 19.0 Å². The summed E-state index contributed by atoms with van der Waals surface area (Å²) in [4.78, 5) is 16.7. The largest absolute Gasteiger partial charge is 0.495 e. The van der Waals surface area contributed by atoms with Gasteiger partial charge in [0, 0.05) is 23.7 Å². The van der Waals surface area contributed by atoms with Gasteiger partial charge in [-0.05, 0) is 43.0 Å². The van der Waals surface area contributed by atoms with E-state index in [0.717, 1.165) is 41.2 Å². The first-order chi connectivity index (χ1) is 10.8. The third kappa shape index (κ3) is 2.24. The number of nitrogens with one attached hydrogen (secondary N) is 1. The number of nitrogens with zero attached hydrogens (tertiary/aromatic N) is 3. The summed E-state index contributed by atoms with van der Waals surface area (Å²) in [5.74, 6) is 1.59. The topological polar surface area (TPSA) is 63.7 Å². The first kappa shape index (κ1) is 13.0. The summed E-state index contributed by atoms with van der Waals surface area (Å²) in [5.41, 5.74) is 5.35. The highest BCUT2D eigenvalue weighted by Crippen LogP contribution is 2.27. The van der Waals surface area contributed by atoms with Crippen molar-refractivity contribution in [1.82, 2.24) is 19.9 Å². The fourth-order valence-electron chi connectivity index (χ4n) is 2.84. The van der Waals surface area contributed by atoms with Gasteiger partial charge >= 0.3 is 0 Å². The zero-order valence-electron chi connectivity index (χ0n) is 12.3. The molecule has 0 aromatic carbocycles. The van der Waals surface area contributed by atoms with Crippen LogP contribution in [0.1, 0.15) is 17.8 Å². The Hall–Kier alpha value is -2.69. The van der Waals surface area contributed by atoms with Crippen LogP contribution in [-0.4, -0.2) is 27.0 Å². The first-order valence-corrected chi connectivity index (χ1v) is 7.37. The molecule has 4 rings (SSSR count). The molecule has 1 aliphatic carbocycles. The monoisotopic (exact) mass is 292 g/mol. The SMILES string of the molecule is COc1cncc(-c2ccnc(-c3nc4c([nH]3)CCC4)c2)c1. The minimum atomic E-state index is 0.743. The summed E-state index contributed by atoms with van der Waals surface area (Å²) in [6.45, 7) is 0. The molecule has 5 nitrogen and oxygen atoms in total. The van der Waals surface area contributed by atoms with Crippen LogP contribution >= 0.6 is 0 Å². The molecule has 3 heterocycles. The number of hydrogen-bond donors (Lipinski definition) is 1. The fourth-order valence-corrected chi connectivity index (χ4v) is 2.84. The summed E-state index contributed by atoms with van der Waals surface area (Å²) in [7, 11) is 1.64. The molecule has 1 N–H and O–H groups in total. The van der Waals surface area contributed by atoms with Crippen LogP contribution in [0, 0.1) is 0 Å². The fraction of sp³-hybridized carbons (Fsp3) is 0.235. The van der Waals surface area contributed by atoms with Crippen molar-refractivity contribution in [2.45, 2.75) is 19.3 Å². The van der Waals surface area contributed by atoms with Crippen LogP contribution in [0.15, 0.2) is 36.8 Å². The van der Waals surface area contributed by atoms with E-state index in [1.54, 1.807) is 19.5 Å². The third-order valence-electron chi connectivity index (χ3n) is 3.99. The first-order valence-electron chi connectivity index (χ1n) is 7.37. The summed E-state index contributed by atoms with van der Waals surface area (Å²) < 4.78 is 5.24. The Kier molecular flexibility index (Phi) is 3.11. The normalized spacial score (nSPS) is 13.1. The minimum absolute atomic E-state index is 0.743. The van der Waals surface area contributed by atoms with Crippen molar-refractivity contribution in [2.24, 2.45) is 0 Å². The summed E-state index contributed by atoms with van der Waals surface area (Å²) >= 11 is 0. The molecular weight excluding hydrogens is 276 g/mol. The molecule has 0 saturated heterocycles. The van der Waals surface area contributed by atoms with Gasteiger partial charge in [-0.15, -0.1) is 0 Å². The Morgan fingerprint density at radius 1 is 1.14 bits per heavy atom. The van der Waals surface area contributed by atoms with Crippen molar-refractivity contribution in [1.29, 1.82) is 0 Å². The molecular formula is C17H16N4O. The number of pyridine rings is 2. The molecule has 0 aliphatic heterocycles. The molecule has 0 spiro atoms. The van der Waals surface area contributed by atoms with Crippen LogP contribution in [0.4, 0.5) is 0 Å². The van der Waals surface area contributed by atoms with Crippen molar-refractivity contribution >= 4 is 0 Å². The highest BCUT2D eigenvalue weighted by molar-refractivity contribution is 5.68. The molecule has 3 aromatic heterocycles. The number of ether oxygens (including phenoxy) is 1. The molecule has 0 radical (unpaired) electrons. The third-order valence-corrected chi connectivity index (χ3v) is 3.99. The second-order valence-electron chi connectivity index (χ2n) is 5.41. The molecule has 3 aromatic rings. The number of fused-ring (bicyclic) bond motifs is 1. The smallest absolute Gasteiger partial charge is 0.156 e. The lowest BCUT2D eigenvalue weighted by Gasteiger charge is -2.05. The van der Waals surface area contributed by atoms with E-state index in [0.29, 0.717) is 0 Å².